The average Bonchev–Trinajstić information content (AvgIpc) is 2.55. The summed E-state index contributed by atoms with van der Waals surface area (Å²) >= 11 is 0. The van der Waals surface area contributed by atoms with Crippen LogP contribution in [0.5, 0.6) is 0 Å². The molecular weight excluding hydrogens is 262 g/mol. The summed E-state index contributed by atoms with van der Waals surface area (Å²) in [5.74, 6) is 0.429. The maximum atomic E-state index is 11.4. The van der Waals surface area contributed by atoms with Gasteiger partial charge >= 0.3 is 0 Å². The van der Waals surface area contributed by atoms with Gasteiger partial charge in [-0.2, -0.15) is 0 Å². The van der Waals surface area contributed by atoms with Gasteiger partial charge in [-0.25, -0.2) is 0 Å². The molecular formula is C18H19NO2. The molecule has 108 valence electrons. The van der Waals surface area contributed by atoms with Crippen LogP contribution in [0, 0.1) is 5.92 Å². The molecule has 3 aliphatic carbocycles. The number of fused-ring (bicyclic) bond motifs is 3. The number of ether oxygens (including phenoxy) is 1. The summed E-state index contributed by atoms with van der Waals surface area (Å²) < 4.78 is 5.78. The molecule has 0 spiro atoms. The Balaban J connectivity index is 1.88. The maximum Gasteiger partial charge on any atom is 0.124 e. The summed E-state index contributed by atoms with van der Waals surface area (Å²) in [7, 11) is 1.69. The lowest BCUT2D eigenvalue weighted by molar-refractivity contribution is -0.185. The summed E-state index contributed by atoms with van der Waals surface area (Å²) in [6, 6.07) is 10.0. The Morgan fingerprint density at radius 2 is 2.19 bits per heavy atom. The molecule has 1 aromatic carbocycles. The number of allylic oxidation sites excluding steroid dienone is 1. The molecule has 1 heterocycles. The molecule has 0 radical (unpaired) electrons. The van der Waals surface area contributed by atoms with Gasteiger partial charge in [0.1, 0.15) is 11.2 Å². The van der Waals surface area contributed by atoms with Crippen LogP contribution in [0.15, 0.2) is 48.7 Å². The Morgan fingerprint density at radius 1 is 1.33 bits per heavy atom. The number of aromatic nitrogens is 1. The molecule has 2 bridgehead atoms. The summed E-state index contributed by atoms with van der Waals surface area (Å²) in [6.45, 7) is 0. The molecule has 1 N–H and O–H groups in total. The molecule has 0 aliphatic heterocycles. The lowest BCUT2D eigenvalue weighted by Crippen LogP contribution is -2.57. The first-order valence-corrected chi connectivity index (χ1v) is 7.49. The fourth-order valence-corrected chi connectivity index (χ4v) is 3.94. The number of hydrogen-bond acceptors (Lipinski definition) is 3. The Labute approximate surface area is 124 Å². The molecule has 2 aromatic rings. The predicted octanol–water partition coefficient (Wildman–Crippen LogP) is 3.18. The van der Waals surface area contributed by atoms with Crippen LogP contribution in [0.4, 0.5) is 0 Å². The molecule has 1 saturated carbocycles. The zero-order valence-electron chi connectivity index (χ0n) is 12.1. The molecule has 0 saturated heterocycles. The highest BCUT2D eigenvalue weighted by molar-refractivity contribution is 5.79. The molecule has 1 aromatic heterocycles. The van der Waals surface area contributed by atoms with Crippen molar-refractivity contribution in [2.24, 2.45) is 5.92 Å². The van der Waals surface area contributed by atoms with Crippen molar-refractivity contribution < 1.29 is 9.84 Å². The monoisotopic (exact) mass is 281 g/mol. The zero-order chi connectivity index (χ0) is 14.5. The minimum atomic E-state index is -0.990. The molecule has 21 heavy (non-hydrogen) atoms. The molecule has 3 atom stereocenters. The van der Waals surface area contributed by atoms with Crippen LogP contribution in [0.1, 0.15) is 24.8 Å². The van der Waals surface area contributed by atoms with E-state index in [1.165, 1.54) is 0 Å². The van der Waals surface area contributed by atoms with Crippen LogP contribution in [-0.2, 0) is 10.3 Å². The highest BCUT2D eigenvalue weighted by Gasteiger charge is 2.56. The number of hydrogen-bond donors (Lipinski definition) is 1. The van der Waals surface area contributed by atoms with E-state index in [2.05, 4.69) is 23.2 Å². The van der Waals surface area contributed by atoms with Crippen LogP contribution in [-0.4, -0.2) is 22.8 Å². The van der Waals surface area contributed by atoms with Crippen molar-refractivity contribution >= 4 is 10.9 Å². The lowest BCUT2D eigenvalue weighted by atomic mass is 9.61. The van der Waals surface area contributed by atoms with E-state index in [0.717, 1.165) is 29.3 Å². The molecule has 5 rings (SSSR count). The van der Waals surface area contributed by atoms with Crippen LogP contribution >= 0.6 is 0 Å². The van der Waals surface area contributed by atoms with Crippen LogP contribution in [0.25, 0.3) is 10.9 Å². The Bertz CT molecular complexity index is 726. The van der Waals surface area contributed by atoms with Gasteiger partial charge in [-0.3, -0.25) is 4.98 Å². The van der Waals surface area contributed by atoms with Gasteiger partial charge in [0.05, 0.1) is 5.52 Å². The maximum absolute atomic E-state index is 11.4. The van der Waals surface area contributed by atoms with Gasteiger partial charge in [0.2, 0.25) is 0 Å². The van der Waals surface area contributed by atoms with Crippen molar-refractivity contribution in [2.75, 3.05) is 7.11 Å². The standard InChI is InChI=1S/C18H19NO2/c1-21-17-8-6-13(7-9-17)11-18(17,20)15-10-14-4-2-3-5-16(14)19-12-15/h2-6,8,10,12-13,20H,7,9,11H2,1H3/t13-,17-,18?/m1/s1. The highest BCUT2D eigenvalue weighted by Crippen LogP contribution is 2.53. The second-order valence-corrected chi connectivity index (χ2v) is 6.23. The summed E-state index contributed by atoms with van der Waals surface area (Å²) in [6.07, 6.45) is 8.69. The van der Waals surface area contributed by atoms with Gasteiger partial charge in [-0.15, -0.1) is 0 Å². The average molecular weight is 281 g/mol. The first-order valence-electron chi connectivity index (χ1n) is 7.49. The van der Waals surface area contributed by atoms with E-state index < -0.39 is 11.2 Å². The van der Waals surface area contributed by atoms with Crippen molar-refractivity contribution in [3.05, 3.63) is 54.2 Å². The summed E-state index contributed by atoms with van der Waals surface area (Å²) in [5, 5.41) is 12.5. The van der Waals surface area contributed by atoms with Crippen molar-refractivity contribution in [3.63, 3.8) is 0 Å². The number of pyridine rings is 1. The van der Waals surface area contributed by atoms with E-state index >= 15 is 0 Å². The normalized spacial score (nSPS) is 34.5. The Morgan fingerprint density at radius 3 is 2.95 bits per heavy atom. The smallest absolute Gasteiger partial charge is 0.124 e. The third-order valence-corrected chi connectivity index (χ3v) is 5.21. The van der Waals surface area contributed by atoms with Crippen LogP contribution in [0.2, 0.25) is 0 Å². The van der Waals surface area contributed by atoms with Gasteiger partial charge in [0.25, 0.3) is 0 Å². The SMILES string of the molecule is CO[C@]12C=C[C@H](CC1)CC2(O)c1cnc2ccccc2c1. The van der Waals surface area contributed by atoms with Crippen molar-refractivity contribution in [1.82, 2.24) is 4.98 Å². The second-order valence-electron chi connectivity index (χ2n) is 6.23. The Kier molecular flexibility index (Phi) is 2.72. The first kappa shape index (κ1) is 13.0. The number of nitrogens with zero attached hydrogens (tertiary/aromatic N) is 1. The van der Waals surface area contributed by atoms with E-state index in [1.807, 2.05) is 24.3 Å². The zero-order valence-corrected chi connectivity index (χ0v) is 12.1. The third kappa shape index (κ3) is 1.71. The van der Waals surface area contributed by atoms with E-state index in [0.29, 0.717) is 12.3 Å². The minimum absolute atomic E-state index is 0.429. The fourth-order valence-electron chi connectivity index (χ4n) is 3.94. The topological polar surface area (TPSA) is 42.4 Å². The minimum Gasteiger partial charge on any atom is -0.382 e. The van der Waals surface area contributed by atoms with Gasteiger partial charge < -0.3 is 9.84 Å². The molecule has 3 nitrogen and oxygen atoms in total. The van der Waals surface area contributed by atoms with E-state index in [4.69, 9.17) is 4.74 Å². The van der Waals surface area contributed by atoms with Gasteiger partial charge in [-0.1, -0.05) is 30.4 Å². The molecule has 1 fully saturated rings. The molecule has 0 amide bonds. The van der Waals surface area contributed by atoms with E-state index in [9.17, 15) is 5.11 Å². The Hall–Kier alpha value is -1.71. The number of aliphatic hydroxyl groups is 1. The third-order valence-electron chi connectivity index (χ3n) is 5.21. The van der Waals surface area contributed by atoms with E-state index in [1.54, 1.807) is 13.3 Å². The first-order chi connectivity index (χ1) is 10.2. The number of rotatable bonds is 2. The molecule has 3 heteroatoms. The van der Waals surface area contributed by atoms with Gasteiger partial charge in [0, 0.05) is 24.3 Å². The lowest BCUT2D eigenvalue weighted by Gasteiger charge is -2.53. The fraction of sp³-hybridized carbons (Fsp3) is 0.389. The second kappa shape index (κ2) is 4.39. The molecule has 1 unspecified atom stereocenters. The van der Waals surface area contributed by atoms with Crippen LogP contribution < -0.4 is 0 Å². The van der Waals surface area contributed by atoms with Gasteiger partial charge in [0.15, 0.2) is 0 Å². The summed E-state index contributed by atoms with van der Waals surface area (Å²) in [4.78, 5) is 4.51. The molecule has 3 aliphatic rings. The van der Waals surface area contributed by atoms with Gasteiger partial charge in [-0.05, 0) is 37.3 Å². The van der Waals surface area contributed by atoms with Crippen molar-refractivity contribution in [3.8, 4) is 0 Å². The van der Waals surface area contributed by atoms with Crippen molar-refractivity contribution in [2.45, 2.75) is 30.5 Å². The van der Waals surface area contributed by atoms with Crippen LogP contribution in [0.3, 0.4) is 0 Å². The summed E-state index contributed by atoms with van der Waals surface area (Å²) in [5.41, 5.74) is 0.201. The highest BCUT2D eigenvalue weighted by atomic mass is 16.5. The van der Waals surface area contributed by atoms with Crippen molar-refractivity contribution in [1.29, 1.82) is 0 Å². The quantitative estimate of drug-likeness (QED) is 0.860. The number of para-hydroxylation sites is 1. The predicted molar refractivity (Wildman–Crippen MR) is 81.9 cm³/mol. The largest absolute Gasteiger partial charge is 0.382 e. The number of methoxy groups -OCH3 is 1. The number of benzene rings is 1. The van der Waals surface area contributed by atoms with E-state index in [-0.39, 0.29) is 0 Å².